The first kappa shape index (κ1) is 41.1. The fraction of sp³-hybridized carbons (Fsp3) is 0.204. The van der Waals surface area contributed by atoms with E-state index in [-0.39, 0.29) is 30.1 Å². The average Bonchev–Trinajstić information content (AvgIpc) is 3.74. The van der Waals surface area contributed by atoms with Gasteiger partial charge in [0.2, 0.25) is 11.8 Å². The quantitative estimate of drug-likeness (QED) is 0.0697. The highest BCUT2D eigenvalue weighted by Gasteiger charge is 2.75. The van der Waals surface area contributed by atoms with Crippen LogP contribution in [-0.2, 0) is 24.5 Å². The molecule has 0 bridgehead atoms. The zero-order valence-electron chi connectivity index (χ0n) is 33.7. The number of nitrogens with zero attached hydrogens (tertiary/aromatic N) is 2. The third kappa shape index (κ3) is 7.20. The van der Waals surface area contributed by atoms with Crippen LogP contribution in [-0.4, -0.2) is 59.0 Å². The maximum Gasteiger partial charge on any atom is 0.329 e. The number of cyclic esters (lactones) is 1. The van der Waals surface area contributed by atoms with Crippen LogP contribution in [0.25, 0.3) is 0 Å². The minimum Gasteiger partial charge on any atom is -0.508 e. The normalized spacial score (nSPS) is 22.9. The Kier molecular flexibility index (Phi) is 11.3. The summed E-state index contributed by atoms with van der Waals surface area (Å²) in [6.07, 6.45) is 0.584. The topological polar surface area (TPSA) is 183 Å². The number of nitrogens with one attached hydrogen (secondary N) is 3. The molecule has 0 aromatic heterocycles. The summed E-state index contributed by atoms with van der Waals surface area (Å²) in [6, 6.07) is 33.8. The minimum atomic E-state index is -2.02. The number of imide groups is 1. The van der Waals surface area contributed by atoms with Crippen LogP contribution < -0.4 is 26.6 Å². The van der Waals surface area contributed by atoms with E-state index in [2.05, 4.69) is 34.4 Å². The molecule has 3 aliphatic heterocycles. The third-order valence-corrected chi connectivity index (χ3v) is 11.8. The minimum absolute atomic E-state index is 0.00400. The molecule has 8 rings (SSSR count). The van der Waals surface area contributed by atoms with Crippen molar-refractivity contribution in [2.24, 2.45) is 11.7 Å². The highest BCUT2D eigenvalue weighted by atomic mass is 16.6. The van der Waals surface area contributed by atoms with Crippen LogP contribution in [0.3, 0.4) is 0 Å². The first-order valence-electron chi connectivity index (χ1n) is 20.2. The number of urea groups is 2. The molecule has 0 radical (unpaired) electrons. The summed E-state index contributed by atoms with van der Waals surface area (Å²) in [6.45, 7) is 5.52. The third-order valence-electron chi connectivity index (χ3n) is 11.8. The molecule has 1 spiro atoms. The number of aromatic hydroxyl groups is 1. The highest BCUT2D eigenvalue weighted by molar-refractivity contribution is 6.24. The second kappa shape index (κ2) is 17.1. The lowest BCUT2D eigenvalue weighted by Gasteiger charge is -2.46. The lowest BCUT2D eigenvalue weighted by Crippen LogP contribution is -2.56. The van der Waals surface area contributed by atoms with Gasteiger partial charge in [0.1, 0.15) is 23.3 Å². The molecule has 7 atom stereocenters. The van der Waals surface area contributed by atoms with Gasteiger partial charge in [0.25, 0.3) is 0 Å². The number of ether oxygens (including phenoxy) is 1. The molecule has 2 fully saturated rings. The number of phenols is 1. The molecule has 62 heavy (non-hydrogen) atoms. The molecule has 5 aromatic rings. The first-order chi connectivity index (χ1) is 30.1. The number of fused-ring (bicyclic) bond motifs is 3. The van der Waals surface area contributed by atoms with Crippen LogP contribution >= 0.6 is 0 Å². The van der Waals surface area contributed by atoms with Gasteiger partial charge in [0, 0.05) is 12.1 Å². The molecule has 5 aromatic carbocycles. The molecule has 0 aliphatic carbocycles. The Morgan fingerprint density at radius 3 is 2.15 bits per heavy atom. The zero-order valence-corrected chi connectivity index (χ0v) is 33.7. The number of carbonyl (C=O) groups excluding carboxylic acids is 5. The van der Waals surface area contributed by atoms with Gasteiger partial charge in [0.15, 0.2) is 0 Å². The smallest absolute Gasteiger partial charge is 0.329 e. The van der Waals surface area contributed by atoms with E-state index in [0.717, 1.165) is 16.0 Å². The van der Waals surface area contributed by atoms with Crippen molar-refractivity contribution in [3.8, 4) is 17.6 Å². The Balaban J connectivity index is 1.42. The molecule has 3 aliphatic rings. The van der Waals surface area contributed by atoms with Gasteiger partial charge in [0.05, 0.1) is 36.3 Å². The van der Waals surface area contributed by atoms with Crippen LogP contribution in [0.15, 0.2) is 146 Å². The Morgan fingerprint density at radius 1 is 0.855 bits per heavy atom. The molecule has 2 saturated heterocycles. The van der Waals surface area contributed by atoms with E-state index in [0.29, 0.717) is 16.7 Å². The molecule has 6 N–H and O–H groups in total. The highest BCUT2D eigenvalue weighted by Crippen LogP contribution is 2.66. The molecule has 3 heterocycles. The maximum absolute atomic E-state index is 16.2. The second-order valence-electron chi connectivity index (χ2n) is 15.4. The van der Waals surface area contributed by atoms with Crippen molar-refractivity contribution in [1.82, 2.24) is 20.9 Å². The average molecular weight is 829 g/mol. The number of rotatable bonds is 9. The number of phenolic OH excluding ortho intramolecular Hbond substituents is 1. The van der Waals surface area contributed by atoms with Gasteiger partial charge < -0.3 is 31.5 Å². The monoisotopic (exact) mass is 828 g/mol. The largest absolute Gasteiger partial charge is 0.508 e. The van der Waals surface area contributed by atoms with Gasteiger partial charge in [-0.1, -0.05) is 121 Å². The predicted molar refractivity (Wildman–Crippen MR) is 231 cm³/mol. The van der Waals surface area contributed by atoms with Crippen LogP contribution in [0.1, 0.15) is 64.5 Å². The number of morpholine rings is 1. The van der Waals surface area contributed by atoms with Crippen molar-refractivity contribution < 1.29 is 33.8 Å². The molecule has 13 nitrogen and oxygen atoms in total. The summed E-state index contributed by atoms with van der Waals surface area (Å²) in [4.78, 5) is 75.6. The van der Waals surface area contributed by atoms with E-state index in [4.69, 9.17) is 10.5 Å². The summed E-state index contributed by atoms with van der Waals surface area (Å²) in [5.74, 6) is 2.19. The van der Waals surface area contributed by atoms with Crippen molar-refractivity contribution in [2.75, 3.05) is 18.0 Å². The zero-order chi connectivity index (χ0) is 43.5. The number of esters is 1. The summed E-state index contributed by atoms with van der Waals surface area (Å²) in [7, 11) is 0. The van der Waals surface area contributed by atoms with Crippen molar-refractivity contribution in [3.05, 3.63) is 179 Å². The van der Waals surface area contributed by atoms with Crippen molar-refractivity contribution in [2.45, 2.75) is 42.6 Å². The molecular formula is C49H44N6O7. The number of amides is 6. The van der Waals surface area contributed by atoms with Crippen LogP contribution in [0, 0.1) is 17.8 Å². The second-order valence-corrected chi connectivity index (χ2v) is 15.4. The van der Waals surface area contributed by atoms with E-state index in [1.807, 2.05) is 95.9 Å². The fourth-order valence-corrected chi connectivity index (χ4v) is 9.28. The molecular weight excluding hydrogens is 785 g/mol. The van der Waals surface area contributed by atoms with Gasteiger partial charge in [-0.05, 0) is 65.1 Å². The van der Waals surface area contributed by atoms with Gasteiger partial charge in [-0.25, -0.2) is 14.5 Å². The van der Waals surface area contributed by atoms with Crippen molar-refractivity contribution in [3.63, 3.8) is 0 Å². The van der Waals surface area contributed by atoms with Gasteiger partial charge in [-0.3, -0.25) is 19.3 Å². The Morgan fingerprint density at radius 2 is 1.50 bits per heavy atom. The fourth-order valence-electron chi connectivity index (χ4n) is 9.28. The van der Waals surface area contributed by atoms with E-state index < -0.39 is 71.5 Å². The molecule has 0 saturated carbocycles. The van der Waals surface area contributed by atoms with Crippen molar-refractivity contribution >= 4 is 35.5 Å². The molecule has 0 unspecified atom stereocenters. The standard InChI is InChI=1S/C49H44N6O7/c1-3-27-51-44(57)39-41-45(58)62-42(34-19-11-6-12-20-34)40(33-17-9-5-10-18-33)55(41)43(35-22-24-36(56)25-23-35)49(39)37-29-31(14-13-28-52-47(50)60)21-26-38(37)54(46(49)59)48(61)53-30(2)32-15-7-4-8-16-32/h3-12,15-26,29-30,39-43,56H,1,27-28H2,2H3,(H,51,57)(H,53,61)(H3,50,52,60)/t30-,39+,40+,41+,42-,43-,49+/m1/s1. The summed E-state index contributed by atoms with van der Waals surface area (Å²) in [5, 5.41) is 18.9. The Bertz CT molecular complexity index is 2600. The maximum atomic E-state index is 16.2. The van der Waals surface area contributed by atoms with Crippen molar-refractivity contribution in [1.29, 1.82) is 0 Å². The first-order valence-corrected chi connectivity index (χ1v) is 20.2. The van der Waals surface area contributed by atoms with Gasteiger partial charge in [-0.2, -0.15) is 0 Å². The lowest BCUT2D eigenvalue weighted by molar-refractivity contribution is -0.178. The number of primary amides is 1. The summed E-state index contributed by atoms with van der Waals surface area (Å²) < 4.78 is 6.46. The Hall–Kier alpha value is -7.69. The number of anilines is 1. The Labute approximate surface area is 358 Å². The van der Waals surface area contributed by atoms with E-state index >= 15 is 14.4 Å². The molecule has 13 heteroatoms. The molecule has 6 amide bonds. The lowest BCUT2D eigenvalue weighted by atomic mass is 9.65. The van der Waals surface area contributed by atoms with Crippen LogP contribution in [0.4, 0.5) is 15.3 Å². The number of nitrogens with two attached hydrogens (primary N) is 1. The van der Waals surface area contributed by atoms with Crippen LogP contribution in [0.2, 0.25) is 0 Å². The van der Waals surface area contributed by atoms with E-state index in [9.17, 15) is 14.7 Å². The summed E-state index contributed by atoms with van der Waals surface area (Å²) in [5.41, 5.74) is 6.80. The number of benzene rings is 5. The van der Waals surface area contributed by atoms with Gasteiger partial charge in [-0.15, -0.1) is 6.58 Å². The summed E-state index contributed by atoms with van der Waals surface area (Å²) >= 11 is 0. The number of hydrogen-bond acceptors (Lipinski definition) is 8. The van der Waals surface area contributed by atoms with Crippen LogP contribution in [0.5, 0.6) is 5.75 Å². The number of carbonyl (C=O) groups is 5. The van der Waals surface area contributed by atoms with E-state index in [1.54, 1.807) is 37.3 Å². The van der Waals surface area contributed by atoms with Gasteiger partial charge >= 0.3 is 18.0 Å². The van der Waals surface area contributed by atoms with E-state index in [1.165, 1.54) is 18.2 Å². The number of hydrogen-bond donors (Lipinski definition) is 5. The predicted octanol–water partition coefficient (Wildman–Crippen LogP) is 5.85. The SMILES string of the molecule is C=CCNC(=O)[C@@H]1[C@H]2C(=O)O[C@H](c3ccccc3)[C@H](c3ccccc3)N2[C@H](c2ccc(O)cc2)[C@@]12C(=O)N(C(=O)N[C@H](C)c1ccccc1)c1ccc(C#CCNC(N)=O)cc12. The molecule has 312 valence electrons.